The van der Waals surface area contributed by atoms with Gasteiger partial charge >= 0.3 is 0 Å². The number of nitrogens with zero attached hydrogens (tertiary/aromatic N) is 1. The van der Waals surface area contributed by atoms with Crippen molar-refractivity contribution in [2.45, 2.75) is 45.7 Å². The summed E-state index contributed by atoms with van der Waals surface area (Å²) in [5, 5.41) is 2.84. The molecule has 1 atom stereocenters. The van der Waals surface area contributed by atoms with Gasteiger partial charge in [-0.15, -0.1) is 0 Å². The number of amides is 2. The first-order chi connectivity index (χ1) is 14.5. The molecule has 1 aliphatic heterocycles. The van der Waals surface area contributed by atoms with E-state index >= 15 is 0 Å². The summed E-state index contributed by atoms with van der Waals surface area (Å²) in [6.07, 6.45) is 1.57. The quantitative estimate of drug-likeness (QED) is 0.683. The summed E-state index contributed by atoms with van der Waals surface area (Å²) in [4.78, 5) is 27.1. The van der Waals surface area contributed by atoms with Crippen LogP contribution in [0, 0.1) is 5.82 Å². The van der Waals surface area contributed by atoms with Gasteiger partial charge in [0.2, 0.25) is 18.6 Å². The molecule has 2 aromatic carbocycles. The third-order valence-electron chi connectivity index (χ3n) is 5.05. The second-order valence-corrected chi connectivity index (χ2v) is 7.30. The second-order valence-electron chi connectivity index (χ2n) is 7.30. The molecule has 0 aliphatic carbocycles. The topological polar surface area (TPSA) is 67.9 Å². The van der Waals surface area contributed by atoms with Crippen LogP contribution >= 0.6 is 0 Å². The van der Waals surface area contributed by atoms with Gasteiger partial charge in [0, 0.05) is 19.5 Å². The van der Waals surface area contributed by atoms with Gasteiger partial charge < -0.3 is 19.7 Å². The number of aryl methyl sites for hydroxylation is 1. The van der Waals surface area contributed by atoms with E-state index in [9.17, 15) is 14.0 Å². The molecule has 1 N–H and O–H groups in total. The summed E-state index contributed by atoms with van der Waals surface area (Å²) in [5.41, 5.74) is 1.72. The summed E-state index contributed by atoms with van der Waals surface area (Å²) in [7, 11) is 0. The lowest BCUT2D eigenvalue weighted by molar-refractivity contribution is -0.140. The van der Waals surface area contributed by atoms with Crippen molar-refractivity contribution in [2.24, 2.45) is 0 Å². The van der Waals surface area contributed by atoms with Gasteiger partial charge in [-0.3, -0.25) is 9.59 Å². The van der Waals surface area contributed by atoms with Crippen LogP contribution < -0.4 is 14.8 Å². The van der Waals surface area contributed by atoms with Gasteiger partial charge in [0.15, 0.2) is 11.5 Å². The smallest absolute Gasteiger partial charge is 0.242 e. The Balaban J connectivity index is 1.69. The highest BCUT2D eigenvalue weighted by atomic mass is 19.1. The van der Waals surface area contributed by atoms with Gasteiger partial charge in [-0.05, 0) is 55.2 Å². The number of halogens is 1. The predicted octanol–water partition coefficient (Wildman–Crippen LogP) is 3.43. The molecule has 1 heterocycles. The summed E-state index contributed by atoms with van der Waals surface area (Å²) < 4.78 is 23.9. The van der Waals surface area contributed by atoms with Crippen molar-refractivity contribution in [3.05, 3.63) is 59.4 Å². The molecule has 0 saturated heterocycles. The lowest BCUT2D eigenvalue weighted by Crippen LogP contribution is -2.47. The van der Waals surface area contributed by atoms with E-state index in [-0.39, 0.29) is 37.4 Å². The lowest BCUT2D eigenvalue weighted by atomic mass is 10.1. The van der Waals surface area contributed by atoms with Crippen molar-refractivity contribution in [1.82, 2.24) is 10.2 Å². The van der Waals surface area contributed by atoms with E-state index in [4.69, 9.17) is 9.47 Å². The number of carbonyl (C=O) groups excluding carboxylic acids is 2. The van der Waals surface area contributed by atoms with Crippen LogP contribution in [0.4, 0.5) is 4.39 Å². The highest BCUT2D eigenvalue weighted by Crippen LogP contribution is 2.32. The van der Waals surface area contributed by atoms with E-state index in [1.165, 1.54) is 12.1 Å². The number of hydrogen-bond donors (Lipinski definition) is 1. The first-order valence-corrected chi connectivity index (χ1v) is 10.2. The minimum atomic E-state index is -0.633. The van der Waals surface area contributed by atoms with E-state index in [1.54, 1.807) is 24.0 Å². The number of carbonyl (C=O) groups is 2. The minimum absolute atomic E-state index is 0.142. The SMILES string of the molecule is CCCNC(=O)C(C)N(Cc1ccc(F)cc1)C(=O)CCc1ccc2c(c1)OCO2. The van der Waals surface area contributed by atoms with Crippen molar-refractivity contribution in [2.75, 3.05) is 13.3 Å². The molecule has 2 amide bonds. The van der Waals surface area contributed by atoms with Gasteiger partial charge in [0.05, 0.1) is 0 Å². The van der Waals surface area contributed by atoms with Gasteiger partial charge in [-0.25, -0.2) is 4.39 Å². The zero-order chi connectivity index (χ0) is 21.5. The van der Waals surface area contributed by atoms with Crippen LogP contribution in [-0.2, 0) is 22.6 Å². The zero-order valence-electron chi connectivity index (χ0n) is 17.3. The molecular weight excluding hydrogens is 387 g/mol. The minimum Gasteiger partial charge on any atom is -0.454 e. The fourth-order valence-corrected chi connectivity index (χ4v) is 3.26. The van der Waals surface area contributed by atoms with Crippen LogP contribution in [0.15, 0.2) is 42.5 Å². The van der Waals surface area contributed by atoms with Gasteiger partial charge in [0.25, 0.3) is 0 Å². The van der Waals surface area contributed by atoms with E-state index in [2.05, 4.69) is 5.32 Å². The average molecular weight is 414 g/mol. The van der Waals surface area contributed by atoms with Crippen LogP contribution in [0.1, 0.15) is 37.8 Å². The maximum Gasteiger partial charge on any atom is 0.242 e. The molecule has 0 spiro atoms. The normalized spacial score (nSPS) is 13.0. The fraction of sp³-hybridized carbons (Fsp3) is 0.391. The molecule has 1 aliphatic rings. The van der Waals surface area contributed by atoms with Crippen molar-refractivity contribution < 1.29 is 23.5 Å². The van der Waals surface area contributed by atoms with Gasteiger partial charge in [-0.2, -0.15) is 0 Å². The average Bonchev–Trinajstić information content (AvgIpc) is 3.22. The number of nitrogens with one attached hydrogen (secondary N) is 1. The molecule has 2 aromatic rings. The Hall–Kier alpha value is -3.09. The predicted molar refractivity (Wildman–Crippen MR) is 111 cm³/mol. The molecule has 160 valence electrons. The number of ether oxygens (including phenoxy) is 2. The Kier molecular flexibility index (Phi) is 7.27. The maximum atomic E-state index is 13.2. The third-order valence-corrected chi connectivity index (χ3v) is 5.05. The molecule has 0 aromatic heterocycles. The van der Waals surface area contributed by atoms with Gasteiger partial charge in [-0.1, -0.05) is 25.1 Å². The van der Waals surface area contributed by atoms with E-state index < -0.39 is 6.04 Å². The van der Waals surface area contributed by atoms with Crippen LogP contribution in [0.3, 0.4) is 0 Å². The Morgan fingerprint density at radius 1 is 1.10 bits per heavy atom. The summed E-state index contributed by atoms with van der Waals surface area (Å²) in [6.45, 7) is 4.68. The van der Waals surface area contributed by atoms with Crippen LogP contribution in [0.25, 0.3) is 0 Å². The van der Waals surface area contributed by atoms with Crippen molar-refractivity contribution in [3.8, 4) is 11.5 Å². The third kappa shape index (κ3) is 5.49. The van der Waals surface area contributed by atoms with Crippen LogP contribution in [0.2, 0.25) is 0 Å². The van der Waals surface area contributed by atoms with Crippen molar-refractivity contribution in [3.63, 3.8) is 0 Å². The second kappa shape index (κ2) is 10.1. The largest absolute Gasteiger partial charge is 0.454 e. The Morgan fingerprint density at radius 2 is 1.80 bits per heavy atom. The van der Waals surface area contributed by atoms with Crippen molar-refractivity contribution in [1.29, 1.82) is 0 Å². The first kappa shape index (κ1) is 21.6. The highest BCUT2D eigenvalue weighted by Gasteiger charge is 2.26. The maximum absolute atomic E-state index is 13.2. The standard InChI is InChI=1S/C23H27FN2O4/c1-3-12-25-23(28)16(2)26(14-18-4-8-19(24)9-5-18)22(27)11-7-17-6-10-20-21(13-17)30-15-29-20/h4-6,8-10,13,16H,3,7,11-12,14-15H2,1-2H3,(H,25,28). The van der Waals surface area contributed by atoms with E-state index in [0.717, 1.165) is 17.5 Å². The monoisotopic (exact) mass is 414 g/mol. The first-order valence-electron chi connectivity index (χ1n) is 10.2. The molecule has 3 rings (SSSR count). The molecular formula is C23H27FN2O4. The van der Waals surface area contributed by atoms with Crippen molar-refractivity contribution >= 4 is 11.8 Å². The fourth-order valence-electron chi connectivity index (χ4n) is 3.26. The molecule has 0 fully saturated rings. The number of fused-ring (bicyclic) bond motifs is 1. The lowest BCUT2D eigenvalue weighted by Gasteiger charge is -2.29. The molecule has 7 heteroatoms. The summed E-state index contributed by atoms with van der Waals surface area (Å²) in [6, 6.07) is 10.9. The number of rotatable bonds is 9. The summed E-state index contributed by atoms with van der Waals surface area (Å²) in [5.74, 6) is 0.694. The summed E-state index contributed by atoms with van der Waals surface area (Å²) >= 11 is 0. The van der Waals surface area contributed by atoms with Crippen LogP contribution in [0.5, 0.6) is 11.5 Å². The Bertz CT molecular complexity index is 885. The highest BCUT2D eigenvalue weighted by molar-refractivity contribution is 5.87. The molecule has 0 radical (unpaired) electrons. The molecule has 6 nitrogen and oxygen atoms in total. The van der Waals surface area contributed by atoms with Gasteiger partial charge in [0.1, 0.15) is 11.9 Å². The molecule has 1 unspecified atom stereocenters. The Labute approximate surface area is 176 Å². The van der Waals surface area contributed by atoms with E-state index in [1.807, 2.05) is 25.1 Å². The Morgan fingerprint density at radius 3 is 2.53 bits per heavy atom. The molecule has 0 bridgehead atoms. The zero-order valence-corrected chi connectivity index (χ0v) is 17.3. The van der Waals surface area contributed by atoms with Crippen LogP contribution in [-0.4, -0.2) is 36.1 Å². The molecule has 0 saturated carbocycles. The van der Waals surface area contributed by atoms with E-state index in [0.29, 0.717) is 24.5 Å². The number of benzene rings is 2. The number of hydrogen-bond acceptors (Lipinski definition) is 4. The molecule has 30 heavy (non-hydrogen) atoms.